The van der Waals surface area contributed by atoms with Crippen LogP contribution in [0.25, 0.3) is 0 Å². The highest BCUT2D eigenvalue weighted by molar-refractivity contribution is 5.78. The third-order valence-corrected chi connectivity index (χ3v) is 3.80. The molecule has 7 heteroatoms. The minimum Gasteiger partial charge on any atom is -0.481 e. The van der Waals surface area contributed by atoms with Gasteiger partial charge < -0.3 is 24.8 Å². The lowest BCUT2D eigenvalue weighted by Gasteiger charge is -2.29. The van der Waals surface area contributed by atoms with Crippen LogP contribution in [0.2, 0.25) is 0 Å². The maximum absolute atomic E-state index is 12.2. The fraction of sp³-hybridized carbons (Fsp3) is 0.857. The number of carbonyl (C=O) groups is 2. The van der Waals surface area contributed by atoms with Crippen LogP contribution in [0.5, 0.6) is 0 Å². The van der Waals surface area contributed by atoms with Gasteiger partial charge in [0, 0.05) is 33.9 Å². The predicted molar refractivity (Wildman–Crippen MR) is 79.4 cm³/mol. The Labute approximate surface area is 126 Å². The largest absolute Gasteiger partial charge is 0.481 e. The molecule has 0 aliphatic heterocycles. The summed E-state index contributed by atoms with van der Waals surface area (Å²) in [5.74, 6) is -0.881. The second-order valence-corrected chi connectivity index (χ2v) is 4.92. The van der Waals surface area contributed by atoms with Crippen LogP contribution in [0, 0.1) is 5.41 Å². The molecular formula is C14H28N2O5. The van der Waals surface area contributed by atoms with Crippen molar-refractivity contribution in [3.63, 3.8) is 0 Å². The number of amides is 2. The summed E-state index contributed by atoms with van der Waals surface area (Å²) < 4.78 is 9.94. The first-order chi connectivity index (χ1) is 9.97. The predicted octanol–water partition coefficient (Wildman–Crippen LogP) is 1.18. The highest BCUT2D eigenvalue weighted by atomic mass is 16.5. The Morgan fingerprint density at radius 2 is 1.57 bits per heavy atom. The lowest BCUT2D eigenvalue weighted by atomic mass is 9.82. The molecule has 0 aliphatic carbocycles. The van der Waals surface area contributed by atoms with E-state index in [1.165, 1.54) is 0 Å². The number of hydrogen-bond acceptors (Lipinski definition) is 4. The number of methoxy groups -OCH3 is 2. The minimum atomic E-state index is -0.913. The average Bonchev–Trinajstić information content (AvgIpc) is 2.48. The summed E-state index contributed by atoms with van der Waals surface area (Å²) in [7, 11) is 3.13. The van der Waals surface area contributed by atoms with Crippen molar-refractivity contribution in [3.8, 4) is 0 Å². The van der Waals surface area contributed by atoms with Crippen molar-refractivity contribution in [2.24, 2.45) is 5.41 Å². The highest BCUT2D eigenvalue weighted by Crippen LogP contribution is 2.25. The van der Waals surface area contributed by atoms with Crippen LogP contribution in [0.4, 0.5) is 4.79 Å². The summed E-state index contributed by atoms with van der Waals surface area (Å²) in [6.45, 7) is 5.46. The smallest absolute Gasteiger partial charge is 0.317 e. The molecule has 7 nitrogen and oxygen atoms in total. The molecule has 0 unspecified atom stereocenters. The molecule has 0 saturated heterocycles. The van der Waals surface area contributed by atoms with E-state index >= 15 is 0 Å². The molecule has 0 aromatic rings. The standard InChI is InChI=1S/C14H28N2O5/c1-5-14(6-2,12(17)18)11-15-13(19)16(7-9-20-3)8-10-21-4/h5-11H2,1-4H3,(H,15,19)(H,17,18). The number of carboxylic acids is 1. The van der Waals surface area contributed by atoms with E-state index in [0.717, 1.165) is 0 Å². The number of ether oxygens (including phenoxy) is 2. The summed E-state index contributed by atoms with van der Waals surface area (Å²) in [6.07, 6.45) is 0.935. The highest BCUT2D eigenvalue weighted by Gasteiger charge is 2.35. The molecule has 0 fully saturated rings. The topological polar surface area (TPSA) is 88.1 Å². The van der Waals surface area contributed by atoms with Crippen molar-refractivity contribution >= 4 is 12.0 Å². The van der Waals surface area contributed by atoms with Gasteiger partial charge in [-0.1, -0.05) is 13.8 Å². The van der Waals surface area contributed by atoms with Gasteiger partial charge in [0.2, 0.25) is 0 Å². The van der Waals surface area contributed by atoms with Crippen molar-refractivity contribution < 1.29 is 24.2 Å². The van der Waals surface area contributed by atoms with Gasteiger partial charge >= 0.3 is 12.0 Å². The quantitative estimate of drug-likeness (QED) is 0.598. The van der Waals surface area contributed by atoms with Gasteiger partial charge in [0.1, 0.15) is 0 Å². The van der Waals surface area contributed by atoms with E-state index in [-0.39, 0.29) is 12.6 Å². The second-order valence-electron chi connectivity index (χ2n) is 4.92. The molecule has 0 aromatic carbocycles. The first-order valence-electron chi connectivity index (χ1n) is 7.21. The Bertz CT molecular complexity index is 310. The number of urea groups is 1. The lowest BCUT2D eigenvalue weighted by molar-refractivity contribution is -0.149. The average molecular weight is 304 g/mol. The third kappa shape index (κ3) is 6.31. The van der Waals surface area contributed by atoms with Gasteiger partial charge in [-0.3, -0.25) is 4.79 Å². The first kappa shape index (κ1) is 19.7. The summed E-state index contributed by atoms with van der Waals surface area (Å²) in [5, 5.41) is 12.1. The van der Waals surface area contributed by atoms with Crippen molar-refractivity contribution in [2.75, 3.05) is 47.1 Å². The second kappa shape index (κ2) is 10.4. The minimum absolute atomic E-state index is 0.116. The molecule has 0 heterocycles. The van der Waals surface area contributed by atoms with Crippen LogP contribution in [-0.4, -0.2) is 69.1 Å². The SMILES string of the molecule is CCC(CC)(CNC(=O)N(CCOC)CCOC)C(=O)O. The first-order valence-corrected chi connectivity index (χ1v) is 7.21. The number of carbonyl (C=O) groups excluding carboxylic acids is 1. The zero-order chi connectivity index (χ0) is 16.3. The number of aliphatic carboxylic acids is 1. The molecule has 0 radical (unpaired) electrons. The van der Waals surface area contributed by atoms with Crippen LogP contribution in [-0.2, 0) is 14.3 Å². The monoisotopic (exact) mass is 304 g/mol. The number of carboxylic acid groups (broad SMARTS) is 1. The van der Waals surface area contributed by atoms with E-state index in [2.05, 4.69) is 5.32 Å². The number of hydrogen-bond donors (Lipinski definition) is 2. The van der Waals surface area contributed by atoms with Gasteiger partial charge in [-0.05, 0) is 12.8 Å². The molecule has 0 aliphatic rings. The van der Waals surface area contributed by atoms with E-state index in [4.69, 9.17) is 9.47 Å². The Hall–Kier alpha value is -1.34. The number of nitrogens with one attached hydrogen (secondary N) is 1. The number of rotatable bonds is 11. The van der Waals surface area contributed by atoms with Crippen LogP contribution in [0.3, 0.4) is 0 Å². The molecule has 2 N–H and O–H groups in total. The Kier molecular flexibility index (Phi) is 9.73. The van der Waals surface area contributed by atoms with Gasteiger partial charge in [-0.15, -0.1) is 0 Å². The van der Waals surface area contributed by atoms with Gasteiger partial charge in [0.15, 0.2) is 0 Å². The summed E-state index contributed by atoms with van der Waals surface area (Å²) >= 11 is 0. The molecule has 0 atom stereocenters. The van der Waals surface area contributed by atoms with E-state index in [1.807, 2.05) is 13.8 Å². The van der Waals surface area contributed by atoms with Gasteiger partial charge in [-0.2, -0.15) is 0 Å². The Morgan fingerprint density at radius 1 is 1.10 bits per heavy atom. The van der Waals surface area contributed by atoms with Crippen LogP contribution < -0.4 is 5.32 Å². The molecule has 0 bridgehead atoms. The van der Waals surface area contributed by atoms with E-state index in [0.29, 0.717) is 39.1 Å². The zero-order valence-corrected chi connectivity index (χ0v) is 13.5. The molecule has 124 valence electrons. The van der Waals surface area contributed by atoms with Crippen molar-refractivity contribution in [1.82, 2.24) is 10.2 Å². The van der Waals surface area contributed by atoms with Gasteiger partial charge in [0.25, 0.3) is 0 Å². The van der Waals surface area contributed by atoms with Crippen LogP contribution in [0.15, 0.2) is 0 Å². The van der Waals surface area contributed by atoms with E-state index in [9.17, 15) is 14.7 Å². The summed E-state index contributed by atoms with van der Waals surface area (Å²) in [6, 6.07) is -0.295. The fourth-order valence-electron chi connectivity index (χ4n) is 1.95. The molecule has 0 spiro atoms. The zero-order valence-electron chi connectivity index (χ0n) is 13.5. The van der Waals surface area contributed by atoms with Gasteiger partial charge in [0.05, 0.1) is 18.6 Å². The molecule has 0 aromatic heterocycles. The van der Waals surface area contributed by atoms with E-state index in [1.54, 1.807) is 19.1 Å². The van der Waals surface area contributed by atoms with Gasteiger partial charge in [-0.25, -0.2) is 4.79 Å². The molecule has 2 amide bonds. The molecule has 0 rings (SSSR count). The van der Waals surface area contributed by atoms with Crippen molar-refractivity contribution in [1.29, 1.82) is 0 Å². The molecule has 0 saturated carbocycles. The van der Waals surface area contributed by atoms with E-state index < -0.39 is 11.4 Å². The fourth-order valence-corrected chi connectivity index (χ4v) is 1.95. The maximum atomic E-state index is 12.2. The Balaban J connectivity index is 4.61. The summed E-state index contributed by atoms with van der Waals surface area (Å²) in [4.78, 5) is 25.1. The normalized spacial score (nSPS) is 11.2. The maximum Gasteiger partial charge on any atom is 0.317 e. The molecule has 21 heavy (non-hydrogen) atoms. The third-order valence-electron chi connectivity index (χ3n) is 3.80. The van der Waals surface area contributed by atoms with Crippen molar-refractivity contribution in [3.05, 3.63) is 0 Å². The van der Waals surface area contributed by atoms with Crippen LogP contribution in [0.1, 0.15) is 26.7 Å². The number of nitrogens with zero attached hydrogens (tertiary/aromatic N) is 1. The lowest BCUT2D eigenvalue weighted by Crippen LogP contribution is -2.48. The Morgan fingerprint density at radius 3 is 1.90 bits per heavy atom. The van der Waals surface area contributed by atoms with Crippen molar-refractivity contribution in [2.45, 2.75) is 26.7 Å². The van der Waals surface area contributed by atoms with Crippen LogP contribution >= 0.6 is 0 Å². The summed E-state index contributed by atoms with van der Waals surface area (Å²) in [5.41, 5.74) is -0.913. The molecular weight excluding hydrogens is 276 g/mol.